The average Bonchev–Trinajstić information content (AvgIpc) is 3.32. The zero-order valence-electron chi connectivity index (χ0n) is 17.2. The van der Waals surface area contributed by atoms with E-state index in [0.717, 1.165) is 33.2 Å². The number of nitriles is 1. The summed E-state index contributed by atoms with van der Waals surface area (Å²) in [5.41, 5.74) is 5.91. The summed E-state index contributed by atoms with van der Waals surface area (Å²) in [6.45, 7) is 2.78. The first kappa shape index (κ1) is 20.2. The van der Waals surface area contributed by atoms with Gasteiger partial charge in [-0.15, -0.1) is 0 Å². The van der Waals surface area contributed by atoms with Gasteiger partial charge in [-0.05, 0) is 55.0 Å². The molecule has 4 nitrogen and oxygen atoms in total. The molecule has 5 aromatic rings. The van der Waals surface area contributed by atoms with E-state index < -0.39 is 0 Å². The Bertz CT molecular complexity index is 1530. The second-order valence-corrected chi connectivity index (χ2v) is 8.56. The lowest BCUT2D eigenvalue weighted by atomic mass is 10.1. The molecule has 3 aromatic carbocycles. The highest BCUT2D eigenvalue weighted by Gasteiger charge is 2.15. The van der Waals surface area contributed by atoms with E-state index in [1.54, 1.807) is 6.07 Å². The number of imidazole rings is 1. The maximum atomic E-state index is 13.6. The van der Waals surface area contributed by atoms with Crippen LogP contribution in [0, 0.1) is 24.1 Å². The van der Waals surface area contributed by atoms with Gasteiger partial charge < -0.3 is 9.55 Å². The Morgan fingerprint density at radius 3 is 2.72 bits per heavy atom. The molecule has 1 N–H and O–H groups in total. The zero-order chi connectivity index (χ0) is 22.2. The van der Waals surface area contributed by atoms with Gasteiger partial charge in [0.15, 0.2) is 0 Å². The molecule has 0 aliphatic rings. The van der Waals surface area contributed by atoms with E-state index in [9.17, 15) is 9.65 Å². The molecule has 0 bridgehead atoms. The van der Waals surface area contributed by atoms with Crippen LogP contribution in [0.4, 0.5) is 4.39 Å². The monoisotopic (exact) mass is 484 g/mol. The summed E-state index contributed by atoms with van der Waals surface area (Å²) in [6, 6.07) is 23.1. The summed E-state index contributed by atoms with van der Waals surface area (Å²) in [6.07, 6.45) is 1.86. The molecule has 0 fully saturated rings. The molecule has 0 saturated carbocycles. The summed E-state index contributed by atoms with van der Waals surface area (Å²) < 4.78 is 16.9. The van der Waals surface area contributed by atoms with Crippen LogP contribution in [0.5, 0.6) is 0 Å². The molecule has 0 unspecified atom stereocenters. The standard InChI is InChI=1S/C26H18BrFN4/c1-16-22(12-18(14-29)26-30-23-11-10-20(28)13-24(23)31-26)21-4-2-3-5-25(21)32(16)15-17-6-8-19(27)9-7-17/h2-13H,15H2,1H3,(H,30,31)/b18-12-. The molecule has 0 spiro atoms. The topological polar surface area (TPSA) is 57.4 Å². The number of benzene rings is 3. The second-order valence-electron chi connectivity index (χ2n) is 7.65. The minimum Gasteiger partial charge on any atom is -0.340 e. The lowest BCUT2D eigenvalue weighted by Gasteiger charge is -2.09. The van der Waals surface area contributed by atoms with Crippen LogP contribution in [0.25, 0.3) is 33.6 Å². The predicted octanol–water partition coefficient (Wildman–Crippen LogP) is 6.84. The third-order valence-corrected chi connectivity index (χ3v) is 6.17. The summed E-state index contributed by atoms with van der Waals surface area (Å²) >= 11 is 3.49. The summed E-state index contributed by atoms with van der Waals surface area (Å²) in [4.78, 5) is 7.56. The van der Waals surface area contributed by atoms with Crippen molar-refractivity contribution in [3.63, 3.8) is 0 Å². The number of hydrogen-bond acceptors (Lipinski definition) is 2. The van der Waals surface area contributed by atoms with Crippen molar-refractivity contribution in [3.05, 3.63) is 99.7 Å². The number of allylic oxidation sites excluding steroid dienone is 1. The van der Waals surface area contributed by atoms with E-state index in [4.69, 9.17) is 0 Å². The lowest BCUT2D eigenvalue weighted by molar-refractivity contribution is 0.629. The first-order valence-electron chi connectivity index (χ1n) is 10.1. The van der Waals surface area contributed by atoms with E-state index in [-0.39, 0.29) is 5.82 Å². The number of aromatic amines is 1. The molecular weight excluding hydrogens is 467 g/mol. The van der Waals surface area contributed by atoms with Gasteiger partial charge in [-0.25, -0.2) is 9.37 Å². The van der Waals surface area contributed by atoms with E-state index in [2.05, 4.69) is 67.7 Å². The number of fused-ring (bicyclic) bond motifs is 2. The van der Waals surface area contributed by atoms with Crippen LogP contribution in [-0.2, 0) is 6.54 Å². The van der Waals surface area contributed by atoms with E-state index in [1.165, 1.54) is 17.7 Å². The molecule has 156 valence electrons. The summed E-state index contributed by atoms with van der Waals surface area (Å²) in [5, 5.41) is 11.0. The van der Waals surface area contributed by atoms with Gasteiger partial charge in [-0.2, -0.15) is 5.26 Å². The van der Waals surface area contributed by atoms with E-state index in [0.29, 0.717) is 22.4 Å². The molecule has 0 aliphatic carbocycles. The maximum absolute atomic E-state index is 13.6. The Morgan fingerprint density at radius 2 is 1.94 bits per heavy atom. The van der Waals surface area contributed by atoms with Gasteiger partial charge in [-0.3, -0.25) is 0 Å². The summed E-state index contributed by atoms with van der Waals surface area (Å²) in [5.74, 6) is 0.0827. The van der Waals surface area contributed by atoms with Crippen molar-refractivity contribution >= 4 is 49.5 Å². The Morgan fingerprint density at radius 1 is 1.16 bits per heavy atom. The average molecular weight is 485 g/mol. The van der Waals surface area contributed by atoms with Crippen LogP contribution in [0.2, 0.25) is 0 Å². The van der Waals surface area contributed by atoms with Crippen molar-refractivity contribution in [2.45, 2.75) is 13.5 Å². The number of nitrogens with one attached hydrogen (secondary N) is 1. The highest BCUT2D eigenvalue weighted by molar-refractivity contribution is 9.10. The van der Waals surface area contributed by atoms with Crippen molar-refractivity contribution in [1.82, 2.24) is 14.5 Å². The van der Waals surface area contributed by atoms with Crippen molar-refractivity contribution in [1.29, 1.82) is 5.26 Å². The Labute approximate surface area is 192 Å². The molecule has 32 heavy (non-hydrogen) atoms. The first-order valence-corrected chi connectivity index (χ1v) is 10.9. The molecule has 2 aromatic heterocycles. The molecule has 0 aliphatic heterocycles. The van der Waals surface area contributed by atoms with Gasteiger partial charge in [0.2, 0.25) is 0 Å². The van der Waals surface area contributed by atoms with E-state index in [1.807, 2.05) is 30.3 Å². The molecule has 0 radical (unpaired) electrons. The van der Waals surface area contributed by atoms with Crippen molar-refractivity contribution < 1.29 is 4.39 Å². The van der Waals surface area contributed by atoms with Gasteiger partial charge >= 0.3 is 0 Å². The number of para-hydroxylation sites is 1. The Hall–Kier alpha value is -3.69. The van der Waals surface area contributed by atoms with Crippen LogP contribution < -0.4 is 0 Å². The molecular formula is C26H18BrFN4. The highest BCUT2D eigenvalue weighted by Crippen LogP contribution is 2.30. The molecule has 0 amide bonds. The quantitative estimate of drug-likeness (QED) is 0.284. The molecule has 6 heteroatoms. The highest BCUT2D eigenvalue weighted by atomic mass is 79.9. The van der Waals surface area contributed by atoms with Gasteiger partial charge in [0, 0.05) is 33.2 Å². The fourth-order valence-electron chi connectivity index (χ4n) is 4.02. The van der Waals surface area contributed by atoms with Crippen LogP contribution in [0.1, 0.15) is 22.6 Å². The van der Waals surface area contributed by atoms with Crippen LogP contribution in [0.3, 0.4) is 0 Å². The van der Waals surface area contributed by atoms with Crippen molar-refractivity contribution in [2.75, 3.05) is 0 Å². The summed E-state index contributed by atoms with van der Waals surface area (Å²) in [7, 11) is 0. The molecule has 2 heterocycles. The Kier molecular flexibility index (Phi) is 5.12. The fourth-order valence-corrected chi connectivity index (χ4v) is 4.29. The predicted molar refractivity (Wildman–Crippen MR) is 129 cm³/mol. The maximum Gasteiger partial charge on any atom is 0.149 e. The number of hydrogen-bond donors (Lipinski definition) is 1. The van der Waals surface area contributed by atoms with Crippen LogP contribution >= 0.6 is 15.9 Å². The lowest BCUT2D eigenvalue weighted by Crippen LogP contribution is -2.01. The van der Waals surface area contributed by atoms with Gasteiger partial charge in [0.1, 0.15) is 17.7 Å². The third kappa shape index (κ3) is 3.61. The van der Waals surface area contributed by atoms with E-state index >= 15 is 0 Å². The minimum absolute atomic E-state index is 0.345. The smallest absolute Gasteiger partial charge is 0.149 e. The van der Waals surface area contributed by atoms with Crippen LogP contribution in [0.15, 0.2) is 71.2 Å². The number of nitrogens with zero attached hydrogens (tertiary/aromatic N) is 3. The normalized spacial score (nSPS) is 11.9. The molecule has 5 rings (SSSR count). The largest absolute Gasteiger partial charge is 0.340 e. The van der Waals surface area contributed by atoms with Crippen molar-refractivity contribution in [3.8, 4) is 6.07 Å². The Balaban J connectivity index is 1.64. The first-order chi connectivity index (χ1) is 15.5. The molecule has 0 atom stereocenters. The number of aromatic nitrogens is 3. The van der Waals surface area contributed by atoms with Crippen LogP contribution in [-0.4, -0.2) is 14.5 Å². The number of rotatable bonds is 4. The van der Waals surface area contributed by atoms with Gasteiger partial charge in [-0.1, -0.05) is 46.3 Å². The SMILES string of the molecule is Cc1c(/C=C(/C#N)c2nc3ccc(F)cc3[nH]2)c2ccccc2n1Cc1ccc(Br)cc1. The van der Waals surface area contributed by atoms with Crippen molar-refractivity contribution in [2.24, 2.45) is 0 Å². The number of H-pyrrole nitrogens is 1. The fraction of sp³-hybridized carbons (Fsp3) is 0.0769. The van der Waals surface area contributed by atoms with Gasteiger partial charge in [0.05, 0.1) is 16.6 Å². The zero-order valence-corrected chi connectivity index (χ0v) is 18.8. The minimum atomic E-state index is -0.345. The number of halogens is 2. The molecule has 0 saturated heterocycles. The second kappa shape index (κ2) is 8.10. The third-order valence-electron chi connectivity index (χ3n) is 5.64. The van der Waals surface area contributed by atoms with Gasteiger partial charge in [0.25, 0.3) is 0 Å².